The molecule has 1 rings (SSSR count). The molecule has 0 radical (unpaired) electrons. The molecular formula is C8H11NO3. The monoisotopic (exact) mass is 169 g/mol. The van der Waals surface area contributed by atoms with E-state index in [1.807, 2.05) is 0 Å². The quantitative estimate of drug-likeness (QED) is 0.363. The largest absolute Gasteiger partial charge is 0.466 e. The molecule has 0 saturated carbocycles. The fraction of sp³-hybridized carbons (Fsp3) is 0.500. The first-order chi connectivity index (χ1) is 5.77. The molecule has 66 valence electrons. The third kappa shape index (κ3) is 1.84. The SMILES string of the molecule is COC(=O)C1=C/C(=N\O)CCC1. The topological polar surface area (TPSA) is 58.9 Å². The predicted octanol–water partition coefficient (Wildman–Crippen LogP) is 1.10. The molecule has 4 nitrogen and oxygen atoms in total. The summed E-state index contributed by atoms with van der Waals surface area (Å²) in [5, 5.41) is 11.5. The average molecular weight is 169 g/mol. The predicted molar refractivity (Wildman–Crippen MR) is 43.2 cm³/mol. The van der Waals surface area contributed by atoms with Gasteiger partial charge < -0.3 is 9.94 Å². The summed E-state index contributed by atoms with van der Waals surface area (Å²) in [5.41, 5.74) is 1.12. The summed E-state index contributed by atoms with van der Waals surface area (Å²) < 4.78 is 4.54. The van der Waals surface area contributed by atoms with E-state index in [2.05, 4.69) is 9.89 Å². The van der Waals surface area contributed by atoms with Gasteiger partial charge in [0.1, 0.15) is 0 Å². The van der Waals surface area contributed by atoms with Crippen LogP contribution in [-0.2, 0) is 9.53 Å². The summed E-state index contributed by atoms with van der Waals surface area (Å²) in [6, 6.07) is 0. The Hall–Kier alpha value is -1.32. The van der Waals surface area contributed by atoms with Crippen LogP contribution in [0.3, 0.4) is 0 Å². The van der Waals surface area contributed by atoms with E-state index in [-0.39, 0.29) is 5.97 Å². The molecule has 0 amide bonds. The fourth-order valence-electron chi connectivity index (χ4n) is 1.18. The van der Waals surface area contributed by atoms with Crippen molar-refractivity contribution in [3.05, 3.63) is 11.6 Å². The van der Waals surface area contributed by atoms with E-state index in [0.717, 1.165) is 12.8 Å². The molecular weight excluding hydrogens is 158 g/mol. The molecule has 4 heteroatoms. The van der Waals surface area contributed by atoms with Crippen molar-refractivity contribution in [1.82, 2.24) is 0 Å². The van der Waals surface area contributed by atoms with Crippen molar-refractivity contribution in [1.29, 1.82) is 0 Å². The molecule has 0 bridgehead atoms. The number of rotatable bonds is 1. The second-order valence-electron chi connectivity index (χ2n) is 2.61. The Balaban J connectivity index is 2.77. The Kier molecular flexibility index (Phi) is 2.85. The molecule has 0 aliphatic heterocycles. The number of esters is 1. The standard InChI is InChI=1S/C8H11NO3/c1-12-8(10)6-3-2-4-7(5-6)9-11/h5,11H,2-4H2,1H3/b9-7-. The third-order valence-corrected chi connectivity index (χ3v) is 1.80. The lowest BCUT2D eigenvalue weighted by Gasteiger charge is -2.10. The minimum absolute atomic E-state index is 0.337. The molecule has 12 heavy (non-hydrogen) atoms. The van der Waals surface area contributed by atoms with E-state index in [1.165, 1.54) is 7.11 Å². The first kappa shape index (κ1) is 8.77. The highest BCUT2D eigenvalue weighted by molar-refractivity contribution is 6.03. The average Bonchev–Trinajstić information content (AvgIpc) is 2.17. The normalized spacial score (nSPS) is 20.4. The summed E-state index contributed by atoms with van der Waals surface area (Å²) in [6.07, 6.45) is 3.83. The fourth-order valence-corrected chi connectivity index (χ4v) is 1.18. The Bertz CT molecular complexity index is 243. The molecule has 0 heterocycles. The summed E-state index contributed by atoms with van der Waals surface area (Å²) in [7, 11) is 1.34. The number of carbonyl (C=O) groups excluding carboxylic acids is 1. The van der Waals surface area contributed by atoms with E-state index in [4.69, 9.17) is 5.21 Å². The molecule has 0 fully saturated rings. The van der Waals surface area contributed by atoms with Crippen molar-refractivity contribution < 1.29 is 14.7 Å². The van der Waals surface area contributed by atoms with Crippen LogP contribution in [0.1, 0.15) is 19.3 Å². The maximum atomic E-state index is 11.0. The number of methoxy groups -OCH3 is 1. The molecule has 0 spiro atoms. The Morgan fingerprint density at radius 1 is 1.67 bits per heavy atom. The van der Waals surface area contributed by atoms with Gasteiger partial charge in [0.15, 0.2) is 0 Å². The van der Waals surface area contributed by atoms with Crippen LogP contribution in [0.25, 0.3) is 0 Å². The van der Waals surface area contributed by atoms with Gasteiger partial charge in [-0.05, 0) is 25.3 Å². The smallest absolute Gasteiger partial charge is 0.333 e. The first-order valence-corrected chi connectivity index (χ1v) is 3.77. The number of hydrogen-bond donors (Lipinski definition) is 1. The zero-order valence-electron chi connectivity index (χ0n) is 6.91. The van der Waals surface area contributed by atoms with Crippen molar-refractivity contribution >= 4 is 11.7 Å². The van der Waals surface area contributed by atoms with E-state index < -0.39 is 0 Å². The molecule has 0 aromatic heterocycles. The van der Waals surface area contributed by atoms with Gasteiger partial charge in [-0.25, -0.2) is 4.79 Å². The molecule has 0 aromatic rings. The van der Waals surface area contributed by atoms with Crippen molar-refractivity contribution in [2.75, 3.05) is 7.11 Å². The highest BCUT2D eigenvalue weighted by Gasteiger charge is 2.15. The van der Waals surface area contributed by atoms with Crippen molar-refractivity contribution in [3.8, 4) is 0 Å². The van der Waals surface area contributed by atoms with E-state index in [9.17, 15) is 4.79 Å². The summed E-state index contributed by atoms with van der Waals surface area (Å²) >= 11 is 0. The maximum absolute atomic E-state index is 11.0. The van der Waals surface area contributed by atoms with Gasteiger partial charge in [-0.15, -0.1) is 0 Å². The number of hydrogen-bond acceptors (Lipinski definition) is 4. The van der Waals surface area contributed by atoms with Crippen LogP contribution in [0, 0.1) is 0 Å². The highest BCUT2D eigenvalue weighted by atomic mass is 16.5. The van der Waals surface area contributed by atoms with Crippen molar-refractivity contribution in [2.24, 2.45) is 5.16 Å². The van der Waals surface area contributed by atoms with E-state index >= 15 is 0 Å². The van der Waals surface area contributed by atoms with Crippen LogP contribution in [0.15, 0.2) is 16.8 Å². The second-order valence-corrected chi connectivity index (χ2v) is 2.61. The first-order valence-electron chi connectivity index (χ1n) is 3.77. The van der Waals surface area contributed by atoms with Crippen LogP contribution >= 0.6 is 0 Å². The van der Waals surface area contributed by atoms with Crippen LogP contribution < -0.4 is 0 Å². The minimum Gasteiger partial charge on any atom is -0.466 e. The van der Waals surface area contributed by atoms with Gasteiger partial charge in [0.25, 0.3) is 0 Å². The molecule has 0 atom stereocenters. The van der Waals surface area contributed by atoms with Gasteiger partial charge >= 0.3 is 5.97 Å². The van der Waals surface area contributed by atoms with Crippen LogP contribution in [-0.4, -0.2) is 24.0 Å². The maximum Gasteiger partial charge on any atom is 0.333 e. The molecule has 0 unspecified atom stereocenters. The number of carbonyl (C=O) groups is 1. The van der Waals surface area contributed by atoms with Gasteiger partial charge in [-0.1, -0.05) is 5.16 Å². The van der Waals surface area contributed by atoms with Crippen LogP contribution in [0.5, 0.6) is 0 Å². The van der Waals surface area contributed by atoms with Crippen molar-refractivity contribution in [2.45, 2.75) is 19.3 Å². The van der Waals surface area contributed by atoms with E-state index in [1.54, 1.807) is 6.08 Å². The summed E-state index contributed by atoms with van der Waals surface area (Å²) in [4.78, 5) is 11.0. The lowest BCUT2D eigenvalue weighted by atomic mass is 9.98. The number of ether oxygens (including phenoxy) is 1. The Labute approximate surface area is 70.5 Å². The summed E-state index contributed by atoms with van der Waals surface area (Å²) in [5.74, 6) is -0.337. The lowest BCUT2D eigenvalue weighted by Crippen LogP contribution is -2.12. The van der Waals surface area contributed by atoms with E-state index in [0.29, 0.717) is 17.7 Å². The van der Waals surface area contributed by atoms with Gasteiger partial charge in [0.2, 0.25) is 0 Å². The zero-order chi connectivity index (χ0) is 8.97. The minimum atomic E-state index is -0.337. The van der Waals surface area contributed by atoms with Gasteiger partial charge in [-0.2, -0.15) is 0 Å². The Morgan fingerprint density at radius 2 is 2.42 bits per heavy atom. The molecule has 1 aliphatic rings. The van der Waals surface area contributed by atoms with Gasteiger partial charge in [-0.3, -0.25) is 0 Å². The highest BCUT2D eigenvalue weighted by Crippen LogP contribution is 2.16. The van der Waals surface area contributed by atoms with Gasteiger partial charge in [0.05, 0.1) is 12.8 Å². The Morgan fingerprint density at radius 3 is 3.00 bits per heavy atom. The molecule has 1 aliphatic carbocycles. The van der Waals surface area contributed by atoms with Gasteiger partial charge in [0, 0.05) is 5.57 Å². The molecule has 0 aromatic carbocycles. The summed E-state index contributed by atoms with van der Waals surface area (Å²) in [6.45, 7) is 0. The number of nitrogens with zero attached hydrogens (tertiary/aromatic N) is 1. The lowest BCUT2D eigenvalue weighted by molar-refractivity contribution is -0.136. The second kappa shape index (κ2) is 3.90. The van der Waals surface area contributed by atoms with Crippen LogP contribution in [0.4, 0.5) is 0 Å². The zero-order valence-corrected chi connectivity index (χ0v) is 6.91. The molecule has 1 N–H and O–H groups in total. The molecule has 0 saturated heterocycles. The number of allylic oxidation sites excluding steroid dienone is 1. The van der Waals surface area contributed by atoms with Crippen molar-refractivity contribution in [3.63, 3.8) is 0 Å². The third-order valence-electron chi connectivity index (χ3n) is 1.80. The van der Waals surface area contributed by atoms with Crippen LogP contribution in [0.2, 0.25) is 0 Å². The number of oxime groups is 1.